The van der Waals surface area contributed by atoms with E-state index >= 15 is 0 Å². The highest BCUT2D eigenvalue weighted by Gasteiger charge is 2.41. The lowest BCUT2D eigenvalue weighted by molar-refractivity contribution is -0.138. The molecular formula is C15H19NO5. The number of hydrogen-bond acceptors (Lipinski definition) is 4. The van der Waals surface area contributed by atoms with Gasteiger partial charge in [-0.05, 0) is 31.0 Å². The van der Waals surface area contributed by atoms with Crippen molar-refractivity contribution >= 4 is 12.1 Å². The molecule has 1 aromatic rings. The lowest BCUT2D eigenvalue weighted by Crippen LogP contribution is -2.31. The molecule has 1 saturated heterocycles. The zero-order chi connectivity index (χ0) is 15.5. The molecule has 0 aromatic heterocycles. The van der Waals surface area contributed by atoms with Gasteiger partial charge >= 0.3 is 12.1 Å². The van der Waals surface area contributed by atoms with Crippen molar-refractivity contribution in [1.29, 1.82) is 0 Å². The van der Waals surface area contributed by atoms with Gasteiger partial charge in [0.15, 0.2) is 0 Å². The van der Waals surface area contributed by atoms with Crippen molar-refractivity contribution < 1.29 is 24.2 Å². The highest BCUT2D eigenvalue weighted by atomic mass is 16.6. The van der Waals surface area contributed by atoms with E-state index in [-0.39, 0.29) is 6.42 Å². The predicted molar refractivity (Wildman–Crippen MR) is 75.2 cm³/mol. The Labute approximate surface area is 123 Å². The number of ether oxygens (including phenoxy) is 2. The van der Waals surface area contributed by atoms with E-state index in [2.05, 4.69) is 0 Å². The van der Waals surface area contributed by atoms with Crippen molar-refractivity contribution in [2.45, 2.75) is 31.9 Å². The third kappa shape index (κ3) is 3.87. The highest BCUT2D eigenvalue weighted by molar-refractivity contribution is 5.71. The van der Waals surface area contributed by atoms with Crippen molar-refractivity contribution in [3.05, 3.63) is 29.8 Å². The standard InChI is InChI=1S/C15H19NO5/c1-15(7-6-13(17)18)10-16(14(19)21-15)9-11-4-3-5-12(8-11)20-2/h3-5,8H,6-7,9-10H2,1-2H3,(H,17,18). The highest BCUT2D eigenvalue weighted by Crippen LogP contribution is 2.28. The van der Waals surface area contributed by atoms with E-state index in [0.717, 1.165) is 11.3 Å². The van der Waals surface area contributed by atoms with Crippen molar-refractivity contribution in [3.63, 3.8) is 0 Å². The Morgan fingerprint density at radius 1 is 1.52 bits per heavy atom. The molecule has 1 aliphatic rings. The van der Waals surface area contributed by atoms with Crippen molar-refractivity contribution in [2.75, 3.05) is 13.7 Å². The van der Waals surface area contributed by atoms with E-state index < -0.39 is 17.7 Å². The lowest BCUT2D eigenvalue weighted by Gasteiger charge is -2.20. The fourth-order valence-electron chi connectivity index (χ4n) is 2.39. The van der Waals surface area contributed by atoms with Crippen LogP contribution in [0.4, 0.5) is 4.79 Å². The van der Waals surface area contributed by atoms with Gasteiger partial charge in [0, 0.05) is 13.0 Å². The zero-order valence-corrected chi connectivity index (χ0v) is 12.2. The van der Waals surface area contributed by atoms with Crippen LogP contribution < -0.4 is 4.74 Å². The fraction of sp³-hybridized carbons (Fsp3) is 0.467. The Morgan fingerprint density at radius 2 is 2.29 bits per heavy atom. The molecule has 1 aliphatic heterocycles. The molecule has 6 heteroatoms. The van der Waals surface area contributed by atoms with Gasteiger partial charge in [0.05, 0.1) is 13.7 Å². The molecule has 0 aliphatic carbocycles. The van der Waals surface area contributed by atoms with Gasteiger partial charge in [-0.3, -0.25) is 9.69 Å². The fourth-order valence-corrected chi connectivity index (χ4v) is 2.39. The summed E-state index contributed by atoms with van der Waals surface area (Å²) in [6.45, 7) is 2.56. The van der Waals surface area contributed by atoms with Gasteiger partial charge in [-0.2, -0.15) is 0 Å². The van der Waals surface area contributed by atoms with Crippen LogP contribution in [0.1, 0.15) is 25.3 Å². The van der Waals surface area contributed by atoms with E-state index in [1.807, 2.05) is 24.3 Å². The van der Waals surface area contributed by atoms with Gasteiger partial charge in [-0.25, -0.2) is 4.79 Å². The first-order chi connectivity index (χ1) is 9.92. The monoisotopic (exact) mass is 293 g/mol. The average Bonchev–Trinajstić information content (AvgIpc) is 2.72. The SMILES string of the molecule is COc1cccc(CN2CC(C)(CCC(=O)O)OC2=O)c1. The number of carboxylic acid groups (broad SMARTS) is 1. The van der Waals surface area contributed by atoms with Crippen LogP contribution in [0.3, 0.4) is 0 Å². The zero-order valence-electron chi connectivity index (χ0n) is 12.2. The molecule has 2 rings (SSSR count). The maximum Gasteiger partial charge on any atom is 0.410 e. The maximum atomic E-state index is 11.9. The van der Waals surface area contributed by atoms with E-state index in [0.29, 0.717) is 19.5 Å². The third-order valence-electron chi connectivity index (χ3n) is 3.49. The molecule has 1 heterocycles. The molecule has 0 saturated carbocycles. The largest absolute Gasteiger partial charge is 0.497 e. The molecule has 21 heavy (non-hydrogen) atoms. The van der Waals surface area contributed by atoms with E-state index in [4.69, 9.17) is 14.6 Å². The number of carbonyl (C=O) groups excluding carboxylic acids is 1. The lowest BCUT2D eigenvalue weighted by atomic mass is 10.00. The van der Waals surface area contributed by atoms with Crippen LogP contribution in [0.15, 0.2) is 24.3 Å². The van der Waals surface area contributed by atoms with Gasteiger partial charge in [-0.15, -0.1) is 0 Å². The summed E-state index contributed by atoms with van der Waals surface area (Å²) in [6.07, 6.45) is -0.120. The second-order valence-electron chi connectivity index (χ2n) is 5.42. The third-order valence-corrected chi connectivity index (χ3v) is 3.49. The first kappa shape index (κ1) is 15.2. The van der Waals surface area contributed by atoms with Gasteiger partial charge in [0.1, 0.15) is 11.4 Å². The number of aliphatic carboxylic acids is 1. The Kier molecular flexibility index (Phi) is 4.35. The molecule has 0 spiro atoms. The van der Waals surface area contributed by atoms with Crippen LogP contribution in [-0.4, -0.2) is 41.3 Å². The number of rotatable bonds is 6. The van der Waals surface area contributed by atoms with Crippen molar-refractivity contribution in [2.24, 2.45) is 0 Å². The normalized spacial score (nSPS) is 21.2. The van der Waals surface area contributed by atoms with Crippen molar-refractivity contribution in [3.8, 4) is 5.75 Å². The molecule has 0 radical (unpaired) electrons. The van der Waals surface area contributed by atoms with Crippen LogP contribution in [0.2, 0.25) is 0 Å². The number of carboxylic acids is 1. The number of hydrogen-bond donors (Lipinski definition) is 1. The number of amides is 1. The van der Waals surface area contributed by atoms with E-state index in [1.54, 1.807) is 18.9 Å². The Morgan fingerprint density at radius 3 is 2.95 bits per heavy atom. The first-order valence-electron chi connectivity index (χ1n) is 6.74. The van der Waals surface area contributed by atoms with Gasteiger partial charge in [-0.1, -0.05) is 12.1 Å². The molecule has 1 amide bonds. The average molecular weight is 293 g/mol. The summed E-state index contributed by atoms with van der Waals surface area (Å²) < 4.78 is 10.5. The molecule has 1 unspecified atom stereocenters. The van der Waals surface area contributed by atoms with E-state index in [9.17, 15) is 9.59 Å². The number of nitrogens with zero attached hydrogens (tertiary/aromatic N) is 1. The Hall–Kier alpha value is -2.24. The summed E-state index contributed by atoms with van der Waals surface area (Å²) in [4.78, 5) is 24.2. The van der Waals surface area contributed by atoms with Crippen molar-refractivity contribution in [1.82, 2.24) is 4.90 Å². The van der Waals surface area contributed by atoms with Crippen LogP contribution in [0, 0.1) is 0 Å². The summed E-state index contributed by atoms with van der Waals surface area (Å²) in [5, 5.41) is 8.74. The van der Waals surface area contributed by atoms with Crippen LogP contribution in [0.5, 0.6) is 5.75 Å². The number of cyclic esters (lactones) is 1. The minimum atomic E-state index is -0.890. The summed E-state index contributed by atoms with van der Waals surface area (Å²) in [7, 11) is 1.59. The molecule has 1 N–H and O–H groups in total. The summed E-state index contributed by atoms with van der Waals surface area (Å²) in [5.41, 5.74) is 0.197. The molecule has 1 fully saturated rings. The molecule has 1 aromatic carbocycles. The van der Waals surface area contributed by atoms with Crippen LogP contribution >= 0.6 is 0 Å². The summed E-state index contributed by atoms with van der Waals surface area (Å²) >= 11 is 0. The molecule has 6 nitrogen and oxygen atoms in total. The Bertz CT molecular complexity index is 545. The van der Waals surface area contributed by atoms with Gasteiger partial charge in [0.2, 0.25) is 0 Å². The topological polar surface area (TPSA) is 76.1 Å². The predicted octanol–water partition coefficient (Wildman–Crippen LogP) is 2.27. The molecule has 114 valence electrons. The molecule has 1 atom stereocenters. The quantitative estimate of drug-likeness (QED) is 0.870. The second kappa shape index (κ2) is 6.03. The number of methoxy groups -OCH3 is 1. The van der Waals surface area contributed by atoms with Gasteiger partial charge in [0.25, 0.3) is 0 Å². The second-order valence-corrected chi connectivity index (χ2v) is 5.42. The molecule has 0 bridgehead atoms. The number of carbonyl (C=O) groups is 2. The number of benzene rings is 1. The summed E-state index contributed by atoms with van der Waals surface area (Å²) in [5.74, 6) is -0.160. The molecular weight excluding hydrogens is 274 g/mol. The van der Waals surface area contributed by atoms with Crippen LogP contribution in [-0.2, 0) is 16.1 Å². The minimum Gasteiger partial charge on any atom is -0.497 e. The first-order valence-corrected chi connectivity index (χ1v) is 6.74. The smallest absolute Gasteiger partial charge is 0.410 e. The minimum absolute atomic E-state index is 0.0171. The Balaban J connectivity index is 2.01. The summed E-state index contributed by atoms with van der Waals surface area (Å²) in [6, 6.07) is 7.46. The van der Waals surface area contributed by atoms with Gasteiger partial charge < -0.3 is 14.6 Å². The van der Waals surface area contributed by atoms with Crippen LogP contribution in [0.25, 0.3) is 0 Å². The van der Waals surface area contributed by atoms with E-state index in [1.165, 1.54) is 0 Å². The maximum absolute atomic E-state index is 11.9.